The number of aromatic nitrogens is 1. The Morgan fingerprint density at radius 2 is 2.04 bits per heavy atom. The summed E-state index contributed by atoms with van der Waals surface area (Å²) < 4.78 is 0. The smallest absolute Gasteiger partial charge is 0.263 e. The molecule has 0 aliphatic heterocycles. The van der Waals surface area contributed by atoms with Crippen molar-refractivity contribution in [2.24, 2.45) is 4.99 Å². The number of hydrogen-bond donors (Lipinski definition) is 3. The average Bonchev–Trinajstić information content (AvgIpc) is 3.00. The highest BCUT2D eigenvalue weighted by molar-refractivity contribution is 7.11. The van der Waals surface area contributed by atoms with E-state index < -0.39 is 0 Å². The van der Waals surface area contributed by atoms with E-state index in [1.165, 1.54) is 37.0 Å². The molecule has 0 saturated heterocycles. The third-order valence-corrected chi connectivity index (χ3v) is 4.68. The Hall–Kier alpha value is -1.63. The molecule has 136 valence electrons. The van der Waals surface area contributed by atoms with Crippen LogP contribution in [0.3, 0.4) is 0 Å². The Bertz CT molecular complexity index is 515. The van der Waals surface area contributed by atoms with Crippen LogP contribution in [-0.4, -0.2) is 43.0 Å². The number of amides is 1. The first-order valence-electron chi connectivity index (χ1n) is 8.74. The van der Waals surface area contributed by atoms with Gasteiger partial charge in [-0.25, -0.2) is 4.98 Å². The van der Waals surface area contributed by atoms with Crippen molar-refractivity contribution < 1.29 is 4.79 Å². The van der Waals surface area contributed by atoms with Crippen LogP contribution in [0.15, 0.2) is 10.5 Å². The number of guanidine groups is 1. The lowest BCUT2D eigenvalue weighted by Crippen LogP contribution is -2.44. The number of nitrogens with zero attached hydrogens (tertiary/aromatic N) is 2. The van der Waals surface area contributed by atoms with Gasteiger partial charge in [-0.1, -0.05) is 32.6 Å². The zero-order valence-electron chi connectivity index (χ0n) is 15.3. The number of nitrogens with one attached hydrogen (secondary N) is 3. The molecule has 6 nitrogen and oxygen atoms in total. The zero-order valence-corrected chi connectivity index (χ0v) is 16.1. The Balaban J connectivity index is 2.20. The fraction of sp³-hybridized carbons (Fsp3) is 0.706. The summed E-state index contributed by atoms with van der Waals surface area (Å²) >= 11 is 1.37. The van der Waals surface area contributed by atoms with Gasteiger partial charge in [-0.15, -0.1) is 11.3 Å². The molecular weight excluding hydrogens is 322 g/mol. The molecule has 0 bridgehead atoms. The Kier molecular flexibility index (Phi) is 10.1. The van der Waals surface area contributed by atoms with Crippen LogP contribution in [0.4, 0.5) is 0 Å². The molecular formula is C17H31N5OS. The molecule has 1 atom stereocenters. The van der Waals surface area contributed by atoms with E-state index in [1.54, 1.807) is 12.6 Å². The van der Waals surface area contributed by atoms with Gasteiger partial charge in [-0.3, -0.25) is 9.79 Å². The first-order valence-corrected chi connectivity index (χ1v) is 9.61. The van der Waals surface area contributed by atoms with Gasteiger partial charge in [0.1, 0.15) is 4.88 Å². The highest BCUT2D eigenvalue weighted by Crippen LogP contribution is 2.11. The highest BCUT2D eigenvalue weighted by Gasteiger charge is 2.10. The van der Waals surface area contributed by atoms with Crippen LogP contribution in [0.1, 0.15) is 61.3 Å². The monoisotopic (exact) mass is 353 g/mol. The molecule has 0 saturated carbocycles. The number of aliphatic imine (C=N–C) groups is 1. The number of carbonyl (C=O) groups is 1. The molecule has 1 unspecified atom stereocenters. The van der Waals surface area contributed by atoms with Crippen LogP contribution < -0.4 is 16.0 Å². The minimum absolute atomic E-state index is 0.0657. The molecule has 0 aromatic carbocycles. The van der Waals surface area contributed by atoms with Crippen molar-refractivity contribution in [3.63, 3.8) is 0 Å². The topological polar surface area (TPSA) is 78.4 Å². The van der Waals surface area contributed by atoms with E-state index in [0.717, 1.165) is 18.1 Å². The molecule has 3 N–H and O–H groups in total. The van der Waals surface area contributed by atoms with Gasteiger partial charge in [-0.2, -0.15) is 0 Å². The number of rotatable bonds is 10. The van der Waals surface area contributed by atoms with Crippen LogP contribution in [0.25, 0.3) is 0 Å². The molecule has 0 aliphatic carbocycles. The highest BCUT2D eigenvalue weighted by atomic mass is 32.1. The lowest BCUT2D eigenvalue weighted by atomic mass is 10.1. The van der Waals surface area contributed by atoms with Crippen LogP contribution in [-0.2, 0) is 0 Å². The van der Waals surface area contributed by atoms with Crippen molar-refractivity contribution in [2.75, 3.05) is 20.1 Å². The SMILES string of the molecule is CCCCCCC(C)NC(=NC)NCCNC(=O)c1scnc1C. The number of thiazole rings is 1. The van der Waals surface area contributed by atoms with Crippen LogP contribution in [0, 0.1) is 6.92 Å². The van der Waals surface area contributed by atoms with E-state index in [1.807, 2.05) is 6.92 Å². The molecule has 0 radical (unpaired) electrons. The maximum atomic E-state index is 12.0. The Labute approximate surface area is 149 Å². The number of carbonyl (C=O) groups excluding carboxylic acids is 1. The second-order valence-corrected chi connectivity index (χ2v) is 6.77. The average molecular weight is 354 g/mol. The number of unbranched alkanes of at least 4 members (excludes halogenated alkanes) is 3. The van der Waals surface area contributed by atoms with Gasteiger partial charge in [0.25, 0.3) is 5.91 Å². The van der Waals surface area contributed by atoms with Crippen molar-refractivity contribution in [1.29, 1.82) is 0 Å². The number of aryl methyl sites for hydroxylation is 1. The molecule has 1 aromatic heterocycles. The van der Waals surface area contributed by atoms with Crippen molar-refractivity contribution >= 4 is 23.2 Å². The van der Waals surface area contributed by atoms with Crippen molar-refractivity contribution in [3.8, 4) is 0 Å². The molecule has 1 heterocycles. The Morgan fingerprint density at radius 1 is 1.29 bits per heavy atom. The first kappa shape index (κ1) is 20.4. The molecule has 1 amide bonds. The lowest BCUT2D eigenvalue weighted by Gasteiger charge is -2.18. The van der Waals surface area contributed by atoms with Gasteiger partial charge in [0, 0.05) is 26.2 Å². The third-order valence-electron chi connectivity index (χ3n) is 3.75. The maximum absolute atomic E-state index is 12.0. The molecule has 1 rings (SSSR count). The van der Waals surface area contributed by atoms with Gasteiger partial charge in [0.15, 0.2) is 5.96 Å². The fourth-order valence-corrected chi connectivity index (χ4v) is 3.05. The third kappa shape index (κ3) is 7.77. The van der Waals surface area contributed by atoms with E-state index in [-0.39, 0.29) is 5.91 Å². The second-order valence-electron chi connectivity index (χ2n) is 5.92. The van der Waals surface area contributed by atoms with Crippen molar-refractivity contribution in [1.82, 2.24) is 20.9 Å². The summed E-state index contributed by atoms with van der Waals surface area (Å²) in [6, 6.07) is 0.391. The summed E-state index contributed by atoms with van der Waals surface area (Å²) in [5.41, 5.74) is 2.47. The van der Waals surface area contributed by atoms with Crippen molar-refractivity contribution in [2.45, 2.75) is 58.9 Å². The van der Waals surface area contributed by atoms with Gasteiger partial charge in [0.05, 0.1) is 11.2 Å². The predicted molar refractivity (Wildman–Crippen MR) is 102 cm³/mol. The largest absolute Gasteiger partial charge is 0.355 e. The van der Waals surface area contributed by atoms with Gasteiger partial charge >= 0.3 is 0 Å². The summed E-state index contributed by atoms with van der Waals surface area (Å²) in [5, 5.41) is 9.51. The van der Waals surface area contributed by atoms with E-state index in [4.69, 9.17) is 0 Å². The number of hydrogen-bond acceptors (Lipinski definition) is 4. The quantitative estimate of drug-likeness (QED) is 0.343. The fourth-order valence-electron chi connectivity index (χ4n) is 2.33. The minimum Gasteiger partial charge on any atom is -0.355 e. The zero-order chi connectivity index (χ0) is 17.8. The maximum Gasteiger partial charge on any atom is 0.263 e. The molecule has 7 heteroatoms. The first-order chi connectivity index (χ1) is 11.6. The predicted octanol–water partition coefficient (Wildman–Crippen LogP) is 2.71. The molecule has 1 aromatic rings. The van der Waals surface area contributed by atoms with Crippen LogP contribution in [0.2, 0.25) is 0 Å². The van der Waals surface area contributed by atoms with Crippen molar-refractivity contribution in [3.05, 3.63) is 16.1 Å². The van der Waals surface area contributed by atoms with E-state index >= 15 is 0 Å². The molecule has 0 fully saturated rings. The normalized spacial score (nSPS) is 12.8. The molecule has 0 spiro atoms. The van der Waals surface area contributed by atoms with Crippen LogP contribution >= 0.6 is 11.3 Å². The molecule has 0 aliphatic rings. The van der Waals surface area contributed by atoms with Gasteiger partial charge in [-0.05, 0) is 20.3 Å². The standard InChI is InChI=1S/C17H31N5OS/c1-5-6-7-8-9-13(2)22-17(18-4)20-11-10-19-16(23)15-14(3)21-12-24-15/h12-13H,5-11H2,1-4H3,(H,19,23)(H2,18,20,22). The summed E-state index contributed by atoms with van der Waals surface area (Å²) in [7, 11) is 1.76. The summed E-state index contributed by atoms with van der Waals surface area (Å²) in [6.07, 6.45) is 6.24. The second kappa shape index (κ2) is 11.8. The Morgan fingerprint density at radius 3 is 2.67 bits per heavy atom. The summed E-state index contributed by atoms with van der Waals surface area (Å²) in [5.74, 6) is 0.713. The van der Waals surface area contributed by atoms with E-state index in [2.05, 4.69) is 39.8 Å². The summed E-state index contributed by atoms with van der Waals surface area (Å²) in [6.45, 7) is 7.42. The van der Waals surface area contributed by atoms with Gasteiger partial charge < -0.3 is 16.0 Å². The van der Waals surface area contributed by atoms with Crippen LogP contribution in [0.5, 0.6) is 0 Å². The molecule has 24 heavy (non-hydrogen) atoms. The van der Waals surface area contributed by atoms with E-state index in [0.29, 0.717) is 24.0 Å². The summed E-state index contributed by atoms with van der Waals surface area (Å²) in [4.78, 5) is 21.0. The lowest BCUT2D eigenvalue weighted by molar-refractivity contribution is 0.0957. The van der Waals surface area contributed by atoms with Gasteiger partial charge in [0.2, 0.25) is 0 Å². The van der Waals surface area contributed by atoms with E-state index in [9.17, 15) is 4.79 Å². The minimum atomic E-state index is -0.0657.